The molecule has 0 bridgehead atoms. The van der Waals surface area contributed by atoms with Crippen molar-refractivity contribution in [3.05, 3.63) is 24.0 Å². The van der Waals surface area contributed by atoms with E-state index in [9.17, 15) is 4.79 Å². The van der Waals surface area contributed by atoms with Gasteiger partial charge in [-0.3, -0.25) is 15.6 Å². The average Bonchev–Trinajstić information content (AvgIpc) is 3.22. The third-order valence-electron chi connectivity index (χ3n) is 2.80. The molecule has 6 nitrogen and oxygen atoms in total. The van der Waals surface area contributed by atoms with Crippen molar-refractivity contribution < 1.29 is 9.53 Å². The largest absolute Gasteiger partial charge is 0.379 e. The molecule has 2 rings (SSSR count). The Morgan fingerprint density at radius 2 is 2.39 bits per heavy atom. The van der Waals surface area contributed by atoms with Crippen LogP contribution in [-0.2, 0) is 4.74 Å². The quantitative estimate of drug-likeness (QED) is 0.373. The zero-order valence-electron chi connectivity index (χ0n) is 10.2. The SMILES string of the molecule is NNc1cnccc1C(=O)NCCOCC1CC1. The van der Waals surface area contributed by atoms with Crippen LogP contribution < -0.4 is 16.6 Å². The second kappa shape index (κ2) is 6.32. The van der Waals surface area contributed by atoms with Gasteiger partial charge in [-0.15, -0.1) is 0 Å². The van der Waals surface area contributed by atoms with Gasteiger partial charge in [-0.1, -0.05) is 0 Å². The van der Waals surface area contributed by atoms with Gasteiger partial charge in [0.15, 0.2) is 0 Å². The monoisotopic (exact) mass is 250 g/mol. The summed E-state index contributed by atoms with van der Waals surface area (Å²) in [6.07, 6.45) is 5.61. The Kier molecular flexibility index (Phi) is 4.49. The summed E-state index contributed by atoms with van der Waals surface area (Å²) in [6, 6.07) is 1.62. The highest BCUT2D eigenvalue weighted by Crippen LogP contribution is 2.28. The molecule has 0 aromatic carbocycles. The molecule has 98 valence electrons. The number of nitrogens with two attached hydrogens (primary N) is 1. The first-order valence-electron chi connectivity index (χ1n) is 6.08. The summed E-state index contributed by atoms with van der Waals surface area (Å²) in [5.41, 5.74) is 3.44. The maximum absolute atomic E-state index is 11.8. The molecule has 1 saturated carbocycles. The molecule has 1 fully saturated rings. The summed E-state index contributed by atoms with van der Waals surface area (Å²) in [4.78, 5) is 15.7. The van der Waals surface area contributed by atoms with Crippen molar-refractivity contribution in [2.75, 3.05) is 25.2 Å². The predicted octanol–water partition coefficient (Wildman–Crippen LogP) is 0.524. The number of nitrogen functional groups attached to an aromatic ring is 1. The van der Waals surface area contributed by atoms with E-state index in [1.54, 1.807) is 12.3 Å². The Hall–Kier alpha value is -1.66. The van der Waals surface area contributed by atoms with Gasteiger partial charge < -0.3 is 15.5 Å². The second-order valence-corrected chi connectivity index (χ2v) is 4.34. The Morgan fingerprint density at radius 1 is 1.56 bits per heavy atom. The Balaban J connectivity index is 1.72. The molecule has 1 aliphatic carbocycles. The summed E-state index contributed by atoms with van der Waals surface area (Å²) in [6.45, 7) is 1.84. The first-order valence-corrected chi connectivity index (χ1v) is 6.08. The van der Waals surface area contributed by atoms with E-state index in [1.165, 1.54) is 19.0 Å². The number of nitrogens with one attached hydrogen (secondary N) is 2. The van der Waals surface area contributed by atoms with Gasteiger partial charge in [0, 0.05) is 19.3 Å². The van der Waals surface area contributed by atoms with Crippen molar-refractivity contribution >= 4 is 11.6 Å². The van der Waals surface area contributed by atoms with Gasteiger partial charge in [0.05, 0.1) is 24.1 Å². The topological polar surface area (TPSA) is 89.3 Å². The predicted molar refractivity (Wildman–Crippen MR) is 67.9 cm³/mol. The zero-order valence-corrected chi connectivity index (χ0v) is 10.2. The minimum atomic E-state index is -0.180. The van der Waals surface area contributed by atoms with E-state index in [0.29, 0.717) is 24.4 Å². The van der Waals surface area contributed by atoms with Crippen LogP contribution in [0.4, 0.5) is 5.69 Å². The third kappa shape index (κ3) is 3.68. The van der Waals surface area contributed by atoms with Gasteiger partial charge in [0.2, 0.25) is 0 Å². The van der Waals surface area contributed by atoms with E-state index in [2.05, 4.69) is 15.7 Å². The highest BCUT2D eigenvalue weighted by Gasteiger charge is 2.20. The molecule has 1 amide bonds. The van der Waals surface area contributed by atoms with Gasteiger partial charge in [-0.2, -0.15) is 0 Å². The molecule has 0 saturated heterocycles. The number of aromatic nitrogens is 1. The van der Waals surface area contributed by atoms with Crippen LogP contribution in [0.1, 0.15) is 23.2 Å². The van der Waals surface area contributed by atoms with Gasteiger partial charge in [-0.05, 0) is 24.8 Å². The maximum atomic E-state index is 11.8. The maximum Gasteiger partial charge on any atom is 0.253 e. The first kappa shape index (κ1) is 12.8. The fourth-order valence-electron chi connectivity index (χ4n) is 1.57. The van der Waals surface area contributed by atoms with Crippen molar-refractivity contribution in [3.8, 4) is 0 Å². The van der Waals surface area contributed by atoms with Crippen molar-refractivity contribution in [3.63, 3.8) is 0 Å². The molecule has 1 aliphatic rings. The summed E-state index contributed by atoms with van der Waals surface area (Å²) >= 11 is 0. The van der Waals surface area contributed by atoms with Crippen LogP contribution in [0, 0.1) is 5.92 Å². The molecule has 6 heteroatoms. The van der Waals surface area contributed by atoms with E-state index in [4.69, 9.17) is 10.6 Å². The number of pyridine rings is 1. The highest BCUT2D eigenvalue weighted by molar-refractivity contribution is 5.99. The normalized spacial score (nSPS) is 14.3. The Labute approximate surface area is 106 Å². The number of amides is 1. The van der Waals surface area contributed by atoms with Crippen LogP contribution in [0.2, 0.25) is 0 Å². The van der Waals surface area contributed by atoms with Crippen LogP contribution in [0.15, 0.2) is 18.5 Å². The number of hydrogen-bond donors (Lipinski definition) is 3. The Bertz CT molecular complexity index is 407. The minimum Gasteiger partial charge on any atom is -0.379 e. The number of carbonyl (C=O) groups is 1. The number of carbonyl (C=O) groups excluding carboxylic acids is 1. The smallest absolute Gasteiger partial charge is 0.253 e. The molecule has 4 N–H and O–H groups in total. The molecular weight excluding hydrogens is 232 g/mol. The fraction of sp³-hybridized carbons (Fsp3) is 0.500. The van der Waals surface area contributed by atoms with E-state index in [-0.39, 0.29) is 5.91 Å². The average molecular weight is 250 g/mol. The summed E-state index contributed by atoms with van der Waals surface area (Å²) in [5, 5.41) is 2.78. The fourth-order valence-corrected chi connectivity index (χ4v) is 1.57. The summed E-state index contributed by atoms with van der Waals surface area (Å²) in [7, 11) is 0. The summed E-state index contributed by atoms with van der Waals surface area (Å²) in [5.74, 6) is 5.87. The lowest BCUT2D eigenvalue weighted by atomic mass is 10.2. The molecule has 0 atom stereocenters. The second-order valence-electron chi connectivity index (χ2n) is 4.34. The van der Waals surface area contributed by atoms with Crippen LogP contribution >= 0.6 is 0 Å². The molecule has 18 heavy (non-hydrogen) atoms. The van der Waals surface area contributed by atoms with Crippen LogP contribution in [0.25, 0.3) is 0 Å². The number of nitrogens with zero attached hydrogens (tertiary/aromatic N) is 1. The third-order valence-corrected chi connectivity index (χ3v) is 2.80. The van der Waals surface area contributed by atoms with Crippen LogP contribution in [0.5, 0.6) is 0 Å². The van der Waals surface area contributed by atoms with Crippen LogP contribution in [-0.4, -0.2) is 30.6 Å². The standard InChI is InChI=1S/C12H18N4O2/c13-16-11-7-14-4-3-10(11)12(17)15-5-6-18-8-9-1-2-9/h3-4,7,9,16H,1-2,5-6,8,13H2,(H,15,17). The number of rotatable bonds is 7. The molecule has 0 spiro atoms. The van der Waals surface area contributed by atoms with Crippen molar-refractivity contribution in [2.24, 2.45) is 11.8 Å². The molecule has 0 unspecified atom stereocenters. The lowest BCUT2D eigenvalue weighted by molar-refractivity contribution is 0.0907. The van der Waals surface area contributed by atoms with E-state index in [1.807, 2.05) is 0 Å². The number of hydrogen-bond acceptors (Lipinski definition) is 5. The highest BCUT2D eigenvalue weighted by atomic mass is 16.5. The molecule has 1 heterocycles. The number of ether oxygens (including phenoxy) is 1. The van der Waals surface area contributed by atoms with E-state index < -0.39 is 0 Å². The lowest BCUT2D eigenvalue weighted by Crippen LogP contribution is -2.28. The molecule has 1 aromatic rings. The van der Waals surface area contributed by atoms with Crippen molar-refractivity contribution in [2.45, 2.75) is 12.8 Å². The minimum absolute atomic E-state index is 0.180. The molecule has 1 aromatic heterocycles. The number of anilines is 1. The lowest BCUT2D eigenvalue weighted by Gasteiger charge is -2.09. The van der Waals surface area contributed by atoms with Crippen LogP contribution in [0.3, 0.4) is 0 Å². The number of hydrazine groups is 1. The zero-order chi connectivity index (χ0) is 12.8. The van der Waals surface area contributed by atoms with E-state index >= 15 is 0 Å². The van der Waals surface area contributed by atoms with Crippen molar-refractivity contribution in [1.82, 2.24) is 10.3 Å². The molecule has 0 radical (unpaired) electrons. The van der Waals surface area contributed by atoms with Gasteiger partial charge in [0.25, 0.3) is 5.91 Å². The van der Waals surface area contributed by atoms with Gasteiger partial charge in [-0.25, -0.2) is 0 Å². The van der Waals surface area contributed by atoms with Crippen molar-refractivity contribution in [1.29, 1.82) is 0 Å². The Morgan fingerprint density at radius 3 is 3.11 bits per heavy atom. The first-order chi connectivity index (χ1) is 8.81. The molecule has 0 aliphatic heterocycles. The molecular formula is C12H18N4O2. The van der Waals surface area contributed by atoms with Gasteiger partial charge in [0.1, 0.15) is 0 Å². The summed E-state index contributed by atoms with van der Waals surface area (Å²) < 4.78 is 5.43. The van der Waals surface area contributed by atoms with Gasteiger partial charge >= 0.3 is 0 Å². The van der Waals surface area contributed by atoms with E-state index in [0.717, 1.165) is 12.5 Å².